The normalized spacial score (nSPS) is 15.0. The molecule has 0 amide bonds. The molecule has 6 nitrogen and oxygen atoms in total. The second-order valence-electron chi connectivity index (χ2n) is 5.64. The quantitative estimate of drug-likeness (QED) is 0.793. The van der Waals surface area contributed by atoms with Gasteiger partial charge in [-0.15, -0.1) is 0 Å². The van der Waals surface area contributed by atoms with E-state index in [1.807, 2.05) is 4.57 Å². The average molecular weight is 334 g/mol. The lowest BCUT2D eigenvalue weighted by atomic mass is 10.3. The fourth-order valence-electron chi connectivity index (χ4n) is 2.51. The summed E-state index contributed by atoms with van der Waals surface area (Å²) in [6, 6.07) is 4.25. The van der Waals surface area contributed by atoms with Gasteiger partial charge >= 0.3 is 6.18 Å². The molecule has 1 aliphatic carbocycles. The van der Waals surface area contributed by atoms with Gasteiger partial charge in [-0.1, -0.05) is 6.07 Å². The largest absolute Gasteiger partial charge is 0.433 e. The highest BCUT2D eigenvalue weighted by Crippen LogP contribution is 2.37. The predicted molar refractivity (Wildman–Crippen MR) is 80.2 cm³/mol. The molecular weight excluding hydrogens is 321 g/mol. The number of halogens is 3. The topological polar surface area (TPSA) is 68.5 Å². The van der Waals surface area contributed by atoms with Crippen LogP contribution in [0.3, 0.4) is 0 Å². The van der Waals surface area contributed by atoms with Gasteiger partial charge in [0.2, 0.25) is 0 Å². The molecule has 0 unspecified atom stereocenters. The molecular formula is C15H13F3N6. The summed E-state index contributed by atoms with van der Waals surface area (Å²) in [5.74, 6) is 0.485. The Morgan fingerprint density at radius 3 is 2.75 bits per heavy atom. The van der Waals surface area contributed by atoms with E-state index in [1.54, 1.807) is 6.33 Å². The molecule has 0 aliphatic heterocycles. The number of hydrogen-bond donors (Lipinski definition) is 1. The first kappa shape index (κ1) is 14.9. The molecule has 0 aromatic carbocycles. The molecule has 0 bridgehead atoms. The Hall–Kier alpha value is -2.71. The monoisotopic (exact) mass is 334 g/mol. The summed E-state index contributed by atoms with van der Waals surface area (Å²) in [4.78, 5) is 16.3. The maximum Gasteiger partial charge on any atom is 0.433 e. The Morgan fingerprint density at radius 1 is 1.17 bits per heavy atom. The van der Waals surface area contributed by atoms with E-state index in [9.17, 15) is 13.2 Å². The minimum atomic E-state index is -4.46. The Morgan fingerprint density at radius 2 is 2.00 bits per heavy atom. The van der Waals surface area contributed by atoms with Gasteiger partial charge in [0.05, 0.1) is 18.6 Å². The van der Waals surface area contributed by atoms with Crippen molar-refractivity contribution in [3.05, 3.63) is 42.2 Å². The minimum Gasteiger partial charge on any atom is -0.362 e. The molecule has 0 radical (unpaired) electrons. The highest BCUT2D eigenvalue weighted by molar-refractivity contribution is 5.82. The van der Waals surface area contributed by atoms with E-state index in [0.717, 1.165) is 24.6 Å². The molecule has 1 N–H and O–H groups in total. The number of pyridine rings is 1. The first-order chi connectivity index (χ1) is 11.5. The maximum absolute atomic E-state index is 12.7. The van der Waals surface area contributed by atoms with Gasteiger partial charge in [0.25, 0.3) is 0 Å². The minimum absolute atomic E-state index is 0.117. The molecule has 3 aromatic rings. The summed E-state index contributed by atoms with van der Waals surface area (Å²) < 4.78 is 40.1. The van der Waals surface area contributed by atoms with Crippen LogP contribution in [0.15, 0.2) is 30.9 Å². The number of imidazole rings is 1. The van der Waals surface area contributed by atoms with Crippen molar-refractivity contribution in [1.29, 1.82) is 0 Å². The zero-order valence-corrected chi connectivity index (χ0v) is 12.5. The van der Waals surface area contributed by atoms with E-state index in [4.69, 9.17) is 0 Å². The highest BCUT2D eigenvalue weighted by Gasteiger charge is 2.32. The molecule has 24 heavy (non-hydrogen) atoms. The summed E-state index contributed by atoms with van der Waals surface area (Å²) in [5.41, 5.74) is 0.703. The summed E-state index contributed by atoms with van der Waals surface area (Å²) >= 11 is 0. The van der Waals surface area contributed by atoms with Crippen molar-refractivity contribution < 1.29 is 13.2 Å². The molecule has 1 aliphatic rings. The van der Waals surface area contributed by atoms with Crippen molar-refractivity contribution in [2.24, 2.45) is 0 Å². The van der Waals surface area contributed by atoms with Crippen LogP contribution in [0.25, 0.3) is 11.2 Å². The van der Waals surface area contributed by atoms with Gasteiger partial charge in [0.15, 0.2) is 11.5 Å². The van der Waals surface area contributed by atoms with Crippen LogP contribution in [0.1, 0.15) is 30.3 Å². The van der Waals surface area contributed by atoms with E-state index in [1.165, 1.54) is 18.5 Å². The lowest BCUT2D eigenvalue weighted by molar-refractivity contribution is -0.141. The lowest BCUT2D eigenvalue weighted by Crippen LogP contribution is -2.11. The van der Waals surface area contributed by atoms with Crippen molar-refractivity contribution in [3.63, 3.8) is 0 Å². The summed E-state index contributed by atoms with van der Waals surface area (Å²) in [7, 11) is 0. The second-order valence-corrected chi connectivity index (χ2v) is 5.64. The molecule has 9 heteroatoms. The van der Waals surface area contributed by atoms with Crippen LogP contribution in [-0.2, 0) is 12.7 Å². The van der Waals surface area contributed by atoms with Crippen LogP contribution in [0.5, 0.6) is 0 Å². The summed E-state index contributed by atoms with van der Waals surface area (Å²) in [6.45, 7) is 0.117. The maximum atomic E-state index is 12.7. The highest BCUT2D eigenvalue weighted by atomic mass is 19.4. The van der Waals surface area contributed by atoms with E-state index in [-0.39, 0.29) is 12.2 Å². The predicted octanol–water partition coefficient (Wildman–Crippen LogP) is 3.19. The molecule has 124 valence electrons. The van der Waals surface area contributed by atoms with Crippen LogP contribution < -0.4 is 5.32 Å². The first-order valence-electron chi connectivity index (χ1n) is 7.47. The Bertz CT molecular complexity index is 884. The fourth-order valence-corrected chi connectivity index (χ4v) is 2.51. The second kappa shape index (κ2) is 5.43. The van der Waals surface area contributed by atoms with Crippen LogP contribution >= 0.6 is 0 Å². The van der Waals surface area contributed by atoms with Crippen LogP contribution in [0.4, 0.5) is 19.0 Å². The molecule has 4 rings (SSSR count). The molecule has 3 aromatic heterocycles. The number of nitrogens with zero attached hydrogens (tertiary/aromatic N) is 5. The molecule has 1 saturated carbocycles. The van der Waals surface area contributed by atoms with E-state index in [2.05, 4.69) is 25.3 Å². The van der Waals surface area contributed by atoms with Crippen molar-refractivity contribution in [2.75, 3.05) is 5.32 Å². The van der Waals surface area contributed by atoms with Crippen LogP contribution in [-0.4, -0.2) is 24.5 Å². The van der Waals surface area contributed by atoms with Gasteiger partial charge in [-0.2, -0.15) is 13.2 Å². The van der Waals surface area contributed by atoms with Crippen LogP contribution in [0, 0.1) is 0 Å². The van der Waals surface area contributed by atoms with Crippen molar-refractivity contribution in [3.8, 4) is 0 Å². The van der Waals surface area contributed by atoms with E-state index >= 15 is 0 Å². The van der Waals surface area contributed by atoms with Crippen molar-refractivity contribution in [1.82, 2.24) is 24.5 Å². The summed E-state index contributed by atoms with van der Waals surface area (Å²) in [6.07, 6.45) is 0.898. The third-order valence-electron chi connectivity index (χ3n) is 3.83. The van der Waals surface area contributed by atoms with Gasteiger partial charge < -0.3 is 9.88 Å². The van der Waals surface area contributed by atoms with E-state index < -0.39 is 11.9 Å². The van der Waals surface area contributed by atoms with E-state index in [0.29, 0.717) is 17.4 Å². The zero-order valence-electron chi connectivity index (χ0n) is 12.5. The third-order valence-corrected chi connectivity index (χ3v) is 3.83. The Labute approximate surface area is 134 Å². The Kier molecular flexibility index (Phi) is 3.36. The fraction of sp³-hybridized carbons (Fsp3) is 0.333. The number of anilines is 1. The van der Waals surface area contributed by atoms with Gasteiger partial charge in [-0.25, -0.2) is 19.9 Å². The molecule has 0 atom stereocenters. The summed E-state index contributed by atoms with van der Waals surface area (Å²) in [5, 5.41) is 3.00. The first-order valence-corrected chi connectivity index (χ1v) is 7.47. The Balaban J connectivity index is 1.57. The number of hydrogen-bond acceptors (Lipinski definition) is 5. The number of fused-ring (bicyclic) bond motifs is 1. The molecule has 0 saturated heterocycles. The van der Waals surface area contributed by atoms with Crippen molar-refractivity contribution >= 4 is 17.0 Å². The van der Waals surface area contributed by atoms with Gasteiger partial charge in [0, 0.05) is 6.04 Å². The van der Waals surface area contributed by atoms with Crippen molar-refractivity contribution in [2.45, 2.75) is 31.6 Å². The molecule has 0 spiro atoms. The van der Waals surface area contributed by atoms with Gasteiger partial charge in [-0.3, -0.25) is 0 Å². The van der Waals surface area contributed by atoms with Gasteiger partial charge in [0.1, 0.15) is 17.5 Å². The average Bonchev–Trinajstić information content (AvgIpc) is 3.31. The number of rotatable bonds is 4. The lowest BCUT2D eigenvalue weighted by Gasteiger charge is -2.09. The SMILES string of the molecule is FC(F)(F)c1cccc(CNc2ncnc3c2ncn3C2CC2)n1. The molecule has 1 fully saturated rings. The third kappa shape index (κ3) is 2.77. The zero-order chi connectivity index (χ0) is 16.7. The standard InChI is InChI=1S/C15H13F3N6/c16-15(17,18)11-3-1-2-9(23-11)6-19-13-12-14(21-7-20-13)24(8-22-12)10-4-5-10/h1-3,7-8,10H,4-6H2,(H,19,20,21). The van der Waals surface area contributed by atoms with Gasteiger partial charge in [-0.05, 0) is 25.0 Å². The van der Waals surface area contributed by atoms with Crippen LogP contribution in [0.2, 0.25) is 0 Å². The number of aromatic nitrogens is 5. The molecule has 3 heterocycles. The smallest absolute Gasteiger partial charge is 0.362 e. The number of nitrogens with one attached hydrogen (secondary N) is 1. The number of alkyl halides is 3.